The summed E-state index contributed by atoms with van der Waals surface area (Å²) in [6.45, 7) is 6.79. The molecular weight excluding hydrogens is 327 g/mol. The van der Waals surface area contributed by atoms with Crippen molar-refractivity contribution in [2.45, 2.75) is 30.9 Å². The van der Waals surface area contributed by atoms with Crippen molar-refractivity contribution in [3.63, 3.8) is 0 Å². The molecule has 7 heteroatoms. The molecule has 0 amide bonds. The molecule has 126 valence electrons. The van der Waals surface area contributed by atoms with Gasteiger partial charge in [-0.05, 0) is 13.0 Å². The number of aromatic nitrogens is 3. The lowest BCUT2D eigenvalue weighted by molar-refractivity contribution is 0.332. The molecule has 0 atom stereocenters. The average molecular weight is 346 g/mol. The van der Waals surface area contributed by atoms with E-state index in [1.165, 1.54) is 6.07 Å². The van der Waals surface area contributed by atoms with Crippen LogP contribution in [0.25, 0.3) is 16.9 Å². The predicted octanol–water partition coefficient (Wildman–Crippen LogP) is 4.02. The first kappa shape index (κ1) is 16.6. The molecule has 0 aliphatic heterocycles. The third-order valence-electron chi connectivity index (χ3n) is 3.40. The summed E-state index contributed by atoms with van der Waals surface area (Å²) in [4.78, 5) is 9.31. The number of hydrogen-bond donors (Lipinski definition) is 1. The van der Waals surface area contributed by atoms with Gasteiger partial charge in [-0.2, -0.15) is 0 Å². The van der Waals surface area contributed by atoms with Crippen LogP contribution >= 0.6 is 11.8 Å². The lowest BCUT2D eigenvalue weighted by Gasteiger charge is -2.13. The fourth-order valence-electron chi connectivity index (χ4n) is 2.40. The van der Waals surface area contributed by atoms with Crippen molar-refractivity contribution < 1.29 is 9.13 Å². The maximum absolute atomic E-state index is 13.7. The average Bonchev–Trinajstić information content (AvgIpc) is 2.93. The molecule has 3 aromatic rings. The zero-order valence-electron chi connectivity index (χ0n) is 13.8. The van der Waals surface area contributed by atoms with E-state index < -0.39 is 5.82 Å². The van der Waals surface area contributed by atoms with Crippen LogP contribution in [0.5, 0.6) is 5.75 Å². The molecule has 3 aromatic heterocycles. The van der Waals surface area contributed by atoms with E-state index in [0.29, 0.717) is 17.4 Å². The van der Waals surface area contributed by atoms with Crippen LogP contribution < -0.4 is 10.5 Å². The maximum atomic E-state index is 13.7. The topological polar surface area (TPSA) is 65.4 Å². The van der Waals surface area contributed by atoms with Gasteiger partial charge in [-0.3, -0.25) is 4.40 Å². The second kappa shape index (κ2) is 6.68. The second-order valence-corrected chi connectivity index (χ2v) is 7.18. The van der Waals surface area contributed by atoms with E-state index in [1.54, 1.807) is 24.2 Å². The molecule has 0 saturated heterocycles. The monoisotopic (exact) mass is 346 g/mol. The minimum absolute atomic E-state index is 0.109. The molecule has 3 rings (SSSR count). The number of hydrogen-bond acceptors (Lipinski definition) is 5. The zero-order chi connectivity index (χ0) is 17.3. The van der Waals surface area contributed by atoms with Crippen LogP contribution in [0, 0.1) is 5.82 Å². The molecule has 5 nitrogen and oxygen atoms in total. The molecule has 0 unspecified atom stereocenters. The van der Waals surface area contributed by atoms with Crippen molar-refractivity contribution in [1.29, 1.82) is 0 Å². The molecule has 0 spiro atoms. The highest BCUT2D eigenvalue weighted by Crippen LogP contribution is 2.35. The zero-order valence-corrected chi connectivity index (χ0v) is 14.6. The Balaban J connectivity index is 2.14. The van der Waals surface area contributed by atoms with Gasteiger partial charge in [-0.25, -0.2) is 14.4 Å². The van der Waals surface area contributed by atoms with Crippen molar-refractivity contribution in [2.75, 3.05) is 12.3 Å². The summed E-state index contributed by atoms with van der Waals surface area (Å²) in [6, 6.07) is 3.27. The first-order valence-electron chi connectivity index (χ1n) is 7.71. The van der Waals surface area contributed by atoms with Crippen LogP contribution in [0.1, 0.15) is 20.8 Å². The van der Waals surface area contributed by atoms with Gasteiger partial charge < -0.3 is 10.5 Å². The van der Waals surface area contributed by atoms with Crippen LogP contribution in [-0.4, -0.2) is 26.2 Å². The summed E-state index contributed by atoms with van der Waals surface area (Å²) < 4.78 is 21.4. The van der Waals surface area contributed by atoms with Crippen LogP contribution in [0.4, 0.5) is 10.2 Å². The number of fused-ring (bicyclic) bond motifs is 1. The first-order chi connectivity index (χ1) is 11.5. The number of rotatable bonds is 5. The molecule has 0 aliphatic carbocycles. The van der Waals surface area contributed by atoms with Crippen molar-refractivity contribution in [1.82, 2.24) is 14.4 Å². The minimum Gasteiger partial charge on any atom is -0.493 e. The highest BCUT2D eigenvalue weighted by molar-refractivity contribution is 8.00. The molecule has 3 heterocycles. The summed E-state index contributed by atoms with van der Waals surface area (Å²) in [6.07, 6.45) is 5.22. The standard InChI is InChI=1S/C17H19FN4OS/c1-4-23-14-6-16-20-8-13(11-5-12(18)17(19)21-7-11)22(16)9-15(14)24-10(2)3/h5-10H,4H2,1-3H3,(H2,19,21). The molecule has 24 heavy (non-hydrogen) atoms. The summed E-state index contributed by atoms with van der Waals surface area (Å²) in [7, 11) is 0. The number of anilines is 1. The van der Waals surface area contributed by atoms with Crippen LogP contribution in [0.15, 0.2) is 35.6 Å². The summed E-state index contributed by atoms with van der Waals surface area (Å²) in [5.41, 5.74) is 7.57. The van der Waals surface area contributed by atoms with E-state index in [0.717, 1.165) is 22.0 Å². The van der Waals surface area contributed by atoms with E-state index in [4.69, 9.17) is 10.5 Å². The number of pyridine rings is 2. The molecule has 0 bridgehead atoms. The molecule has 0 aromatic carbocycles. The Bertz CT molecular complexity index is 878. The van der Waals surface area contributed by atoms with Gasteiger partial charge in [0, 0.05) is 29.3 Å². The fraction of sp³-hybridized carbons (Fsp3) is 0.294. The first-order valence-corrected chi connectivity index (χ1v) is 8.59. The maximum Gasteiger partial charge on any atom is 0.165 e. The van der Waals surface area contributed by atoms with Gasteiger partial charge in [-0.1, -0.05) is 13.8 Å². The molecular formula is C17H19FN4OS. The van der Waals surface area contributed by atoms with E-state index in [1.807, 2.05) is 23.6 Å². The summed E-state index contributed by atoms with van der Waals surface area (Å²) in [5.74, 6) is 0.162. The normalized spacial score (nSPS) is 11.4. The SMILES string of the molecule is CCOc1cc2ncc(-c3cnc(N)c(F)c3)n2cc1SC(C)C. The Morgan fingerprint density at radius 3 is 2.75 bits per heavy atom. The van der Waals surface area contributed by atoms with Gasteiger partial charge in [0.15, 0.2) is 11.6 Å². The molecule has 0 saturated carbocycles. The molecule has 2 N–H and O–H groups in total. The Hall–Kier alpha value is -2.28. The van der Waals surface area contributed by atoms with E-state index in [2.05, 4.69) is 23.8 Å². The van der Waals surface area contributed by atoms with Gasteiger partial charge in [0.25, 0.3) is 0 Å². The second-order valence-electron chi connectivity index (χ2n) is 5.56. The van der Waals surface area contributed by atoms with E-state index >= 15 is 0 Å². The Labute approximate surface area is 144 Å². The van der Waals surface area contributed by atoms with Crippen LogP contribution in [0.2, 0.25) is 0 Å². The van der Waals surface area contributed by atoms with Crippen LogP contribution in [-0.2, 0) is 0 Å². The molecule has 0 aliphatic rings. The summed E-state index contributed by atoms with van der Waals surface area (Å²) >= 11 is 1.71. The quantitative estimate of drug-likeness (QED) is 0.707. The van der Waals surface area contributed by atoms with Gasteiger partial charge in [0.05, 0.1) is 23.4 Å². The third kappa shape index (κ3) is 3.17. The van der Waals surface area contributed by atoms with Gasteiger partial charge in [0.1, 0.15) is 11.4 Å². The number of nitrogens with two attached hydrogens (primary N) is 1. The lowest BCUT2D eigenvalue weighted by atomic mass is 10.2. The Morgan fingerprint density at radius 2 is 2.08 bits per heavy atom. The van der Waals surface area contributed by atoms with Gasteiger partial charge >= 0.3 is 0 Å². The van der Waals surface area contributed by atoms with Crippen molar-refractivity contribution in [2.24, 2.45) is 0 Å². The van der Waals surface area contributed by atoms with Crippen molar-refractivity contribution >= 4 is 23.2 Å². The van der Waals surface area contributed by atoms with Crippen molar-refractivity contribution in [3.8, 4) is 17.0 Å². The van der Waals surface area contributed by atoms with Crippen molar-refractivity contribution in [3.05, 3.63) is 36.5 Å². The van der Waals surface area contributed by atoms with Gasteiger partial charge in [-0.15, -0.1) is 11.8 Å². The Kier molecular flexibility index (Phi) is 4.62. The third-order valence-corrected chi connectivity index (χ3v) is 4.43. The fourth-order valence-corrected chi connectivity index (χ4v) is 3.31. The van der Waals surface area contributed by atoms with E-state index in [-0.39, 0.29) is 5.82 Å². The molecule has 0 radical (unpaired) electrons. The molecule has 0 fully saturated rings. The lowest BCUT2D eigenvalue weighted by Crippen LogP contribution is -1.99. The number of thioether (sulfide) groups is 1. The highest BCUT2D eigenvalue weighted by Gasteiger charge is 2.14. The van der Waals surface area contributed by atoms with Crippen LogP contribution in [0.3, 0.4) is 0 Å². The minimum atomic E-state index is -0.537. The van der Waals surface area contributed by atoms with E-state index in [9.17, 15) is 4.39 Å². The number of nitrogen functional groups attached to an aromatic ring is 1. The highest BCUT2D eigenvalue weighted by atomic mass is 32.2. The predicted molar refractivity (Wildman–Crippen MR) is 95.0 cm³/mol. The number of ether oxygens (including phenoxy) is 1. The smallest absolute Gasteiger partial charge is 0.165 e. The van der Waals surface area contributed by atoms with Gasteiger partial charge in [0.2, 0.25) is 0 Å². The Morgan fingerprint density at radius 1 is 1.29 bits per heavy atom. The number of halogens is 1. The number of nitrogens with zero attached hydrogens (tertiary/aromatic N) is 3. The largest absolute Gasteiger partial charge is 0.493 e. The number of imidazole rings is 1. The summed E-state index contributed by atoms with van der Waals surface area (Å²) in [5, 5.41) is 0.407.